The van der Waals surface area contributed by atoms with Gasteiger partial charge in [-0.15, -0.1) is 0 Å². The van der Waals surface area contributed by atoms with Gasteiger partial charge in [-0.2, -0.15) is 0 Å². The third-order valence-electron chi connectivity index (χ3n) is 3.68. The van der Waals surface area contributed by atoms with E-state index in [1.807, 2.05) is 17.0 Å². The highest BCUT2D eigenvalue weighted by molar-refractivity contribution is 5.74. The van der Waals surface area contributed by atoms with Crippen LogP contribution in [0.2, 0.25) is 0 Å². The van der Waals surface area contributed by atoms with Gasteiger partial charge in [0, 0.05) is 19.6 Å². The fourth-order valence-electron chi connectivity index (χ4n) is 2.42. The average molecular weight is 265 g/mol. The Kier molecular flexibility index (Phi) is 4.85. The highest BCUT2D eigenvalue weighted by Gasteiger charge is 2.26. The van der Waals surface area contributed by atoms with Crippen LogP contribution in [0.15, 0.2) is 22.8 Å². The molecule has 106 valence electrons. The normalized spacial score (nSPS) is 19.1. The molecule has 0 spiro atoms. The van der Waals surface area contributed by atoms with Gasteiger partial charge < -0.3 is 19.5 Å². The summed E-state index contributed by atoms with van der Waals surface area (Å²) >= 11 is 0. The lowest BCUT2D eigenvalue weighted by atomic mass is 10.1. The summed E-state index contributed by atoms with van der Waals surface area (Å²) in [6.07, 6.45) is 2.71. The van der Waals surface area contributed by atoms with Gasteiger partial charge in [-0.3, -0.25) is 0 Å². The molecule has 1 atom stereocenters. The lowest BCUT2D eigenvalue weighted by Gasteiger charge is -2.20. The van der Waals surface area contributed by atoms with Crippen molar-refractivity contribution in [3.63, 3.8) is 0 Å². The van der Waals surface area contributed by atoms with Crippen LogP contribution in [0.5, 0.6) is 0 Å². The van der Waals surface area contributed by atoms with Crippen LogP contribution in [0.3, 0.4) is 0 Å². The number of urea groups is 1. The Morgan fingerprint density at radius 2 is 2.47 bits per heavy atom. The summed E-state index contributed by atoms with van der Waals surface area (Å²) in [5, 5.41) is 2.89. The first-order chi connectivity index (χ1) is 9.19. The smallest absolute Gasteiger partial charge is 0.317 e. The van der Waals surface area contributed by atoms with Crippen molar-refractivity contribution < 1.29 is 9.21 Å². The zero-order valence-electron chi connectivity index (χ0n) is 11.8. The second-order valence-corrected chi connectivity index (χ2v) is 5.19. The molecule has 1 aliphatic heterocycles. The molecule has 0 bridgehead atoms. The number of nitrogens with zero attached hydrogens (tertiary/aromatic N) is 2. The maximum absolute atomic E-state index is 12.0. The predicted molar refractivity (Wildman–Crippen MR) is 73.8 cm³/mol. The Balaban J connectivity index is 1.72. The maximum Gasteiger partial charge on any atom is 0.317 e. The summed E-state index contributed by atoms with van der Waals surface area (Å²) in [5.74, 6) is 1.38. The van der Waals surface area contributed by atoms with E-state index in [1.165, 1.54) is 0 Å². The van der Waals surface area contributed by atoms with Crippen LogP contribution in [0.25, 0.3) is 0 Å². The van der Waals surface area contributed by atoms with Crippen molar-refractivity contribution in [1.29, 1.82) is 0 Å². The second-order valence-electron chi connectivity index (χ2n) is 5.19. The first-order valence-corrected chi connectivity index (χ1v) is 6.92. The van der Waals surface area contributed by atoms with Gasteiger partial charge in [-0.05, 0) is 38.1 Å². The van der Waals surface area contributed by atoms with Gasteiger partial charge in [-0.1, -0.05) is 6.92 Å². The highest BCUT2D eigenvalue weighted by atomic mass is 16.3. The zero-order valence-corrected chi connectivity index (χ0v) is 11.8. The number of carbonyl (C=O) groups is 1. The molecule has 0 unspecified atom stereocenters. The fourth-order valence-corrected chi connectivity index (χ4v) is 2.42. The van der Waals surface area contributed by atoms with Crippen molar-refractivity contribution in [2.24, 2.45) is 5.92 Å². The van der Waals surface area contributed by atoms with Gasteiger partial charge in [0.1, 0.15) is 5.76 Å². The molecule has 1 fully saturated rings. The highest BCUT2D eigenvalue weighted by Crippen LogP contribution is 2.17. The summed E-state index contributed by atoms with van der Waals surface area (Å²) in [5.41, 5.74) is 0. The Morgan fingerprint density at radius 1 is 1.63 bits per heavy atom. The van der Waals surface area contributed by atoms with Crippen molar-refractivity contribution in [3.05, 3.63) is 24.2 Å². The summed E-state index contributed by atoms with van der Waals surface area (Å²) in [6.45, 7) is 6.45. The molecule has 0 aromatic carbocycles. The third-order valence-corrected chi connectivity index (χ3v) is 3.68. The first-order valence-electron chi connectivity index (χ1n) is 6.92. The first kappa shape index (κ1) is 13.9. The lowest BCUT2D eigenvalue weighted by molar-refractivity contribution is 0.203. The van der Waals surface area contributed by atoms with Crippen LogP contribution in [0.4, 0.5) is 4.79 Å². The number of nitrogens with one attached hydrogen (secondary N) is 1. The van der Waals surface area contributed by atoms with E-state index in [0.717, 1.165) is 38.4 Å². The minimum absolute atomic E-state index is 0.0121. The van der Waals surface area contributed by atoms with Gasteiger partial charge in [-0.25, -0.2) is 4.79 Å². The van der Waals surface area contributed by atoms with Gasteiger partial charge >= 0.3 is 6.03 Å². The third kappa shape index (κ3) is 3.99. The minimum atomic E-state index is 0.0121. The van der Waals surface area contributed by atoms with E-state index in [2.05, 4.69) is 24.2 Å². The second kappa shape index (κ2) is 6.61. The number of rotatable bonds is 5. The molecule has 2 heterocycles. The van der Waals surface area contributed by atoms with Crippen LogP contribution in [-0.2, 0) is 6.54 Å². The monoisotopic (exact) mass is 265 g/mol. The van der Waals surface area contributed by atoms with Gasteiger partial charge in [0.15, 0.2) is 0 Å². The van der Waals surface area contributed by atoms with E-state index in [-0.39, 0.29) is 6.03 Å². The lowest BCUT2D eigenvalue weighted by Crippen LogP contribution is -2.38. The van der Waals surface area contributed by atoms with Crippen LogP contribution in [-0.4, -0.2) is 49.1 Å². The Labute approximate surface area is 114 Å². The van der Waals surface area contributed by atoms with Crippen molar-refractivity contribution in [2.45, 2.75) is 19.9 Å². The van der Waals surface area contributed by atoms with Gasteiger partial charge in [0.05, 0.1) is 12.8 Å². The van der Waals surface area contributed by atoms with Crippen LogP contribution < -0.4 is 5.32 Å². The number of hydrogen-bond donors (Lipinski definition) is 1. The van der Waals surface area contributed by atoms with Crippen molar-refractivity contribution in [3.8, 4) is 0 Å². The summed E-state index contributed by atoms with van der Waals surface area (Å²) in [4.78, 5) is 16.2. The maximum atomic E-state index is 12.0. The van der Waals surface area contributed by atoms with E-state index in [9.17, 15) is 4.79 Å². The van der Waals surface area contributed by atoms with E-state index in [0.29, 0.717) is 12.5 Å². The van der Waals surface area contributed by atoms with E-state index in [4.69, 9.17) is 4.42 Å². The minimum Gasteiger partial charge on any atom is -0.467 e. The molecular weight excluding hydrogens is 242 g/mol. The zero-order chi connectivity index (χ0) is 13.7. The molecule has 5 heteroatoms. The molecule has 19 heavy (non-hydrogen) atoms. The molecule has 1 aromatic heterocycles. The molecule has 1 aliphatic rings. The number of carbonyl (C=O) groups excluding carboxylic acids is 1. The molecule has 0 saturated carbocycles. The molecule has 5 nitrogen and oxygen atoms in total. The van der Waals surface area contributed by atoms with E-state index in [1.54, 1.807) is 6.26 Å². The SMILES string of the molecule is CCN(C)C[C@H]1CCN(C(=O)NCc2ccco2)C1. The molecular formula is C14H23N3O2. The molecule has 1 aromatic rings. The largest absolute Gasteiger partial charge is 0.467 e. The average Bonchev–Trinajstić information content (AvgIpc) is 3.07. The molecule has 1 saturated heterocycles. The number of hydrogen-bond acceptors (Lipinski definition) is 3. The van der Waals surface area contributed by atoms with Crippen LogP contribution in [0, 0.1) is 5.92 Å². The van der Waals surface area contributed by atoms with Crippen LogP contribution in [0.1, 0.15) is 19.1 Å². The fraction of sp³-hybridized carbons (Fsp3) is 0.643. The molecule has 2 rings (SSSR count). The Hall–Kier alpha value is -1.49. The Bertz CT molecular complexity index is 391. The summed E-state index contributed by atoms with van der Waals surface area (Å²) in [7, 11) is 2.12. The Morgan fingerprint density at radius 3 is 3.16 bits per heavy atom. The van der Waals surface area contributed by atoms with E-state index >= 15 is 0 Å². The standard InChI is InChI=1S/C14H23N3O2/c1-3-16(2)10-12-6-7-17(11-12)14(18)15-9-13-5-4-8-19-13/h4-5,8,12H,3,6-7,9-11H2,1-2H3,(H,15,18)/t12-/m1/s1. The summed E-state index contributed by atoms with van der Waals surface area (Å²) in [6, 6.07) is 3.70. The van der Waals surface area contributed by atoms with E-state index < -0.39 is 0 Å². The quantitative estimate of drug-likeness (QED) is 0.882. The number of likely N-dealkylation sites (tertiary alicyclic amines) is 1. The van der Waals surface area contributed by atoms with Gasteiger partial charge in [0.25, 0.3) is 0 Å². The van der Waals surface area contributed by atoms with Gasteiger partial charge in [0.2, 0.25) is 0 Å². The molecule has 0 radical (unpaired) electrons. The molecule has 1 N–H and O–H groups in total. The van der Waals surface area contributed by atoms with Crippen molar-refractivity contribution >= 4 is 6.03 Å². The van der Waals surface area contributed by atoms with Crippen molar-refractivity contribution in [2.75, 3.05) is 33.2 Å². The predicted octanol–water partition coefficient (Wildman–Crippen LogP) is 1.76. The van der Waals surface area contributed by atoms with Crippen molar-refractivity contribution in [1.82, 2.24) is 15.1 Å². The summed E-state index contributed by atoms with van der Waals surface area (Å²) < 4.78 is 5.19. The molecule has 0 aliphatic carbocycles. The number of amides is 2. The number of furan rings is 1. The van der Waals surface area contributed by atoms with Crippen LogP contribution >= 0.6 is 0 Å². The topological polar surface area (TPSA) is 48.7 Å². The molecule has 2 amide bonds.